The molecule has 1 saturated carbocycles. The van der Waals surface area contributed by atoms with Crippen molar-refractivity contribution in [1.29, 1.82) is 0 Å². The van der Waals surface area contributed by atoms with Crippen LogP contribution < -0.4 is 5.32 Å². The Hall–Kier alpha value is -0.790. The van der Waals surface area contributed by atoms with E-state index in [4.69, 9.17) is 0 Å². The summed E-state index contributed by atoms with van der Waals surface area (Å²) in [7, 11) is 0. The highest BCUT2D eigenvalue weighted by molar-refractivity contribution is 5.92. The van der Waals surface area contributed by atoms with Gasteiger partial charge < -0.3 is 5.32 Å². The number of allylic oxidation sites excluding steroid dienone is 1. The fraction of sp³-hybridized carbons (Fsp3) is 0.727. The molecule has 1 fully saturated rings. The third-order valence-electron chi connectivity index (χ3n) is 2.73. The molecule has 0 bridgehead atoms. The fourth-order valence-corrected chi connectivity index (χ4v) is 1.68. The molecular weight excluding hydrogens is 162 g/mol. The van der Waals surface area contributed by atoms with E-state index < -0.39 is 0 Å². The molecule has 13 heavy (non-hydrogen) atoms. The summed E-state index contributed by atoms with van der Waals surface area (Å²) >= 11 is 0. The topological polar surface area (TPSA) is 29.1 Å². The Kier molecular flexibility index (Phi) is 4.00. The molecule has 1 aliphatic carbocycles. The molecule has 0 aliphatic heterocycles. The Morgan fingerprint density at radius 1 is 1.31 bits per heavy atom. The van der Waals surface area contributed by atoms with Gasteiger partial charge in [-0.1, -0.05) is 25.3 Å². The number of carbonyl (C=O) groups excluding carboxylic acids is 1. The van der Waals surface area contributed by atoms with Crippen LogP contribution in [0.2, 0.25) is 0 Å². The molecule has 0 radical (unpaired) electrons. The van der Waals surface area contributed by atoms with Crippen LogP contribution in [0.4, 0.5) is 0 Å². The summed E-state index contributed by atoms with van der Waals surface area (Å²) in [4.78, 5) is 11.5. The lowest BCUT2D eigenvalue weighted by atomic mass is 9.95. The Morgan fingerprint density at radius 3 is 2.46 bits per heavy atom. The average molecular weight is 181 g/mol. The predicted octanol–water partition coefficient (Wildman–Crippen LogP) is 2.40. The Balaban J connectivity index is 2.34. The molecule has 0 aromatic rings. The lowest BCUT2D eigenvalue weighted by Crippen LogP contribution is -2.36. The van der Waals surface area contributed by atoms with Gasteiger partial charge in [-0.3, -0.25) is 4.79 Å². The maximum atomic E-state index is 11.5. The van der Waals surface area contributed by atoms with Crippen molar-refractivity contribution in [2.75, 3.05) is 0 Å². The van der Waals surface area contributed by atoms with Gasteiger partial charge in [-0.2, -0.15) is 0 Å². The van der Waals surface area contributed by atoms with Crippen LogP contribution in [0.15, 0.2) is 11.6 Å². The average Bonchev–Trinajstić information content (AvgIpc) is 2.18. The highest BCUT2D eigenvalue weighted by atomic mass is 16.1. The normalized spacial score (nSPS) is 20.0. The van der Waals surface area contributed by atoms with Gasteiger partial charge in [0.15, 0.2) is 0 Å². The minimum Gasteiger partial charge on any atom is -0.350 e. The van der Waals surface area contributed by atoms with Gasteiger partial charge in [0.2, 0.25) is 5.91 Å². The first-order valence-corrected chi connectivity index (χ1v) is 5.18. The van der Waals surface area contributed by atoms with Gasteiger partial charge in [0, 0.05) is 11.6 Å². The molecule has 1 amide bonds. The molecule has 1 N–H and O–H groups in total. The fourth-order valence-electron chi connectivity index (χ4n) is 1.68. The number of hydrogen-bond acceptors (Lipinski definition) is 1. The van der Waals surface area contributed by atoms with E-state index in [2.05, 4.69) is 5.32 Å². The zero-order valence-electron chi connectivity index (χ0n) is 8.60. The summed E-state index contributed by atoms with van der Waals surface area (Å²) < 4.78 is 0. The second kappa shape index (κ2) is 5.05. The molecule has 0 atom stereocenters. The van der Waals surface area contributed by atoms with Crippen molar-refractivity contribution in [3.05, 3.63) is 11.6 Å². The third kappa shape index (κ3) is 3.21. The van der Waals surface area contributed by atoms with E-state index in [9.17, 15) is 4.79 Å². The van der Waals surface area contributed by atoms with Crippen LogP contribution in [0.1, 0.15) is 46.0 Å². The van der Waals surface area contributed by atoms with E-state index in [0.29, 0.717) is 6.04 Å². The Morgan fingerprint density at radius 2 is 1.92 bits per heavy atom. The first-order chi connectivity index (χ1) is 6.24. The van der Waals surface area contributed by atoms with Gasteiger partial charge >= 0.3 is 0 Å². The van der Waals surface area contributed by atoms with E-state index >= 15 is 0 Å². The summed E-state index contributed by atoms with van der Waals surface area (Å²) in [5.41, 5.74) is 0.825. The minimum atomic E-state index is 0.106. The van der Waals surface area contributed by atoms with Gasteiger partial charge in [-0.15, -0.1) is 0 Å². The quantitative estimate of drug-likeness (QED) is 0.651. The molecule has 2 heteroatoms. The standard InChI is InChI=1S/C11H19NO/c1-3-9(2)11(13)12-10-7-5-4-6-8-10/h3,10H,4-8H2,1-2H3,(H,12,13)/b9-3-. The maximum absolute atomic E-state index is 11.5. The second-order valence-electron chi connectivity index (χ2n) is 3.78. The molecule has 0 unspecified atom stereocenters. The summed E-state index contributed by atoms with van der Waals surface area (Å²) in [5, 5.41) is 3.06. The van der Waals surface area contributed by atoms with Gasteiger partial charge in [0.25, 0.3) is 0 Å². The van der Waals surface area contributed by atoms with E-state index in [-0.39, 0.29) is 5.91 Å². The largest absolute Gasteiger partial charge is 0.350 e. The van der Waals surface area contributed by atoms with Crippen LogP contribution in [0, 0.1) is 0 Å². The van der Waals surface area contributed by atoms with E-state index in [1.807, 2.05) is 19.9 Å². The van der Waals surface area contributed by atoms with Crippen LogP contribution in [-0.4, -0.2) is 11.9 Å². The number of amides is 1. The third-order valence-corrected chi connectivity index (χ3v) is 2.73. The lowest BCUT2D eigenvalue weighted by Gasteiger charge is -2.22. The van der Waals surface area contributed by atoms with Gasteiger partial charge in [0.05, 0.1) is 0 Å². The number of rotatable bonds is 2. The van der Waals surface area contributed by atoms with Gasteiger partial charge in [-0.05, 0) is 26.7 Å². The minimum absolute atomic E-state index is 0.106. The van der Waals surface area contributed by atoms with Crippen molar-refractivity contribution in [1.82, 2.24) is 5.32 Å². The molecule has 0 aromatic carbocycles. The predicted molar refractivity (Wildman–Crippen MR) is 54.4 cm³/mol. The Bertz CT molecular complexity index is 202. The summed E-state index contributed by atoms with van der Waals surface area (Å²) in [5.74, 6) is 0.106. The highest BCUT2D eigenvalue weighted by Gasteiger charge is 2.15. The van der Waals surface area contributed by atoms with Gasteiger partial charge in [0.1, 0.15) is 0 Å². The number of carbonyl (C=O) groups is 1. The smallest absolute Gasteiger partial charge is 0.246 e. The van der Waals surface area contributed by atoms with Crippen LogP contribution in [0.25, 0.3) is 0 Å². The molecule has 2 nitrogen and oxygen atoms in total. The van der Waals surface area contributed by atoms with Crippen LogP contribution in [0.3, 0.4) is 0 Å². The van der Waals surface area contributed by atoms with Crippen molar-refractivity contribution < 1.29 is 4.79 Å². The summed E-state index contributed by atoms with van der Waals surface area (Å²) in [6.45, 7) is 3.76. The molecule has 0 heterocycles. The molecule has 0 saturated heterocycles. The van der Waals surface area contributed by atoms with Crippen LogP contribution in [-0.2, 0) is 4.79 Å². The van der Waals surface area contributed by atoms with Crippen molar-refractivity contribution in [3.63, 3.8) is 0 Å². The molecule has 0 spiro atoms. The van der Waals surface area contributed by atoms with Crippen LogP contribution in [0.5, 0.6) is 0 Å². The second-order valence-corrected chi connectivity index (χ2v) is 3.78. The van der Waals surface area contributed by atoms with E-state index in [0.717, 1.165) is 18.4 Å². The number of hydrogen-bond donors (Lipinski definition) is 1. The summed E-state index contributed by atoms with van der Waals surface area (Å²) in [6.07, 6.45) is 8.03. The monoisotopic (exact) mass is 181 g/mol. The Labute approximate surface area is 80.4 Å². The molecule has 74 valence electrons. The lowest BCUT2D eigenvalue weighted by molar-refractivity contribution is -0.118. The summed E-state index contributed by atoms with van der Waals surface area (Å²) in [6, 6.07) is 0.427. The molecule has 1 aliphatic rings. The van der Waals surface area contributed by atoms with E-state index in [1.165, 1.54) is 19.3 Å². The zero-order chi connectivity index (χ0) is 9.68. The first kappa shape index (κ1) is 10.3. The zero-order valence-corrected chi connectivity index (χ0v) is 8.60. The molecular formula is C11H19NO. The van der Waals surface area contributed by atoms with Crippen molar-refractivity contribution in [2.45, 2.75) is 52.0 Å². The number of nitrogens with one attached hydrogen (secondary N) is 1. The van der Waals surface area contributed by atoms with E-state index in [1.54, 1.807) is 0 Å². The van der Waals surface area contributed by atoms with Crippen molar-refractivity contribution >= 4 is 5.91 Å². The maximum Gasteiger partial charge on any atom is 0.246 e. The molecule has 0 aromatic heterocycles. The SMILES string of the molecule is C/C=C(/C)C(=O)NC1CCCCC1. The van der Waals surface area contributed by atoms with Crippen molar-refractivity contribution in [2.24, 2.45) is 0 Å². The molecule has 1 rings (SSSR count). The highest BCUT2D eigenvalue weighted by Crippen LogP contribution is 2.17. The first-order valence-electron chi connectivity index (χ1n) is 5.18. The van der Waals surface area contributed by atoms with Crippen molar-refractivity contribution in [3.8, 4) is 0 Å². The van der Waals surface area contributed by atoms with Gasteiger partial charge in [-0.25, -0.2) is 0 Å². The van der Waals surface area contributed by atoms with Crippen LogP contribution >= 0.6 is 0 Å².